The summed E-state index contributed by atoms with van der Waals surface area (Å²) in [4.78, 5) is 19.6. The van der Waals surface area contributed by atoms with Gasteiger partial charge < -0.3 is 20.7 Å². The molecule has 8 heteroatoms. The zero-order chi connectivity index (χ0) is 17.5. The highest BCUT2D eigenvalue weighted by atomic mass is 35.5. The van der Waals surface area contributed by atoms with Gasteiger partial charge in [0.2, 0.25) is 5.91 Å². The van der Waals surface area contributed by atoms with Crippen LogP contribution in [0.15, 0.2) is 18.3 Å². The number of pyridine rings is 1. The van der Waals surface area contributed by atoms with Crippen molar-refractivity contribution in [2.24, 2.45) is 11.1 Å². The van der Waals surface area contributed by atoms with Gasteiger partial charge in [0.15, 0.2) is 0 Å². The summed E-state index contributed by atoms with van der Waals surface area (Å²) >= 11 is 0. The summed E-state index contributed by atoms with van der Waals surface area (Å²) in [6.07, 6.45) is 8.38. The number of carbonyl (C=O) groups is 1. The third-order valence-corrected chi connectivity index (χ3v) is 5.51. The van der Waals surface area contributed by atoms with Gasteiger partial charge in [-0.15, -0.1) is 24.8 Å². The van der Waals surface area contributed by atoms with Gasteiger partial charge in [0.1, 0.15) is 5.82 Å². The molecule has 3 heterocycles. The molecule has 0 bridgehead atoms. The molecule has 3 rings (SSSR count). The Morgan fingerprint density at radius 2 is 1.81 bits per heavy atom. The maximum atomic E-state index is 12.6. The molecule has 0 unspecified atom stereocenters. The number of rotatable bonds is 5. The molecule has 0 aliphatic carbocycles. The average molecular weight is 419 g/mol. The third kappa shape index (κ3) is 6.21. The largest absolute Gasteiger partial charge is 0.381 e. The maximum Gasteiger partial charge on any atom is 0.227 e. The van der Waals surface area contributed by atoms with Crippen LogP contribution in [0, 0.1) is 5.41 Å². The Balaban J connectivity index is 0.00000182. The predicted molar refractivity (Wildman–Crippen MR) is 113 cm³/mol. The first-order chi connectivity index (χ1) is 12.2. The number of halogens is 2. The molecule has 2 aliphatic heterocycles. The number of hydrogen-bond acceptors (Lipinski definition) is 5. The van der Waals surface area contributed by atoms with E-state index in [0.717, 1.165) is 24.5 Å². The van der Waals surface area contributed by atoms with Gasteiger partial charge in [-0.1, -0.05) is 18.9 Å². The van der Waals surface area contributed by atoms with Crippen LogP contribution in [-0.2, 0) is 16.1 Å². The molecule has 1 amide bonds. The summed E-state index contributed by atoms with van der Waals surface area (Å²) in [5.41, 5.74) is 6.43. The maximum absolute atomic E-state index is 12.6. The summed E-state index contributed by atoms with van der Waals surface area (Å²) in [6, 6.07) is 4.13. The average Bonchev–Trinajstić information content (AvgIpc) is 2.96. The van der Waals surface area contributed by atoms with E-state index in [-0.39, 0.29) is 30.7 Å². The Labute approximate surface area is 174 Å². The van der Waals surface area contributed by atoms with Crippen LogP contribution in [0.25, 0.3) is 0 Å². The van der Waals surface area contributed by atoms with E-state index in [4.69, 9.17) is 10.5 Å². The van der Waals surface area contributed by atoms with Gasteiger partial charge in [-0.05, 0) is 37.3 Å². The zero-order valence-electron chi connectivity index (χ0n) is 15.8. The highest BCUT2D eigenvalue weighted by Gasteiger charge is 2.38. The lowest BCUT2D eigenvalue weighted by Crippen LogP contribution is -2.48. The lowest BCUT2D eigenvalue weighted by molar-refractivity contribution is -0.136. The first-order valence-electron chi connectivity index (χ1n) is 9.49. The normalized spacial score (nSPS) is 19.2. The van der Waals surface area contributed by atoms with Crippen LogP contribution in [0.4, 0.5) is 5.82 Å². The van der Waals surface area contributed by atoms with Crippen molar-refractivity contribution in [1.82, 2.24) is 10.3 Å². The van der Waals surface area contributed by atoms with Crippen molar-refractivity contribution < 1.29 is 9.53 Å². The molecule has 154 valence electrons. The van der Waals surface area contributed by atoms with Gasteiger partial charge in [0.25, 0.3) is 0 Å². The van der Waals surface area contributed by atoms with Crippen LogP contribution in [0.1, 0.15) is 44.1 Å². The molecule has 2 fully saturated rings. The topological polar surface area (TPSA) is 80.5 Å². The first-order valence-corrected chi connectivity index (χ1v) is 9.49. The van der Waals surface area contributed by atoms with E-state index in [1.54, 1.807) is 0 Å². The highest BCUT2D eigenvalue weighted by molar-refractivity contribution is 5.85. The predicted octanol–water partition coefficient (Wildman–Crippen LogP) is 2.68. The molecular weight excluding hydrogens is 387 g/mol. The summed E-state index contributed by atoms with van der Waals surface area (Å²) in [6.45, 7) is 4.25. The smallest absolute Gasteiger partial charge is 0.227 e. The molecule has 1 aromatic rings. The molecule has 2 aliphatic rings. The molecule has 6 nitrogen and oxygen atoms in total. The van der Waals surface area contributed by atoms with E-state index in [0.29, 0.717) is 39.1 Å². The highest BCUT2D eigenvalue weighted by Crippen LogP contribution is 2.29. The Kier molecular flexibility index (Phi) is 10.4. The van der Waals surface area contributed by atoms with Crippen molar-refractivity contribution in [2.75, 3.05) is 37.7 Å². The second-order valence-electron chi connectivity index (χ2n) is 7.21. The molecule has 0 spiro atoms. The number of aromatic nitrogens is 1. The van der Waals surface area contributed by atoms with Crippen molar-refractivity contribution in [3.8, 4) is 0 Å². The number of carbonyl (C=O) groups excluding carboxylic acids is 1. The molecule has 0 saturated carbocycles. The Bertz CT molecular complexity index is 557. The van der Waals surface area contributed by atoms with Crippen molar-refractivity contribution >= 4 is 36.5 Å². The minimum atomic E-state index is -0.475. The van der Waals surface area contributed by atoms with Gasteiger partial charge in [-0.3, -0.25) is 4.79 Å². The van der Waals surface area contributed by atoms with Crippen molar-refractivity contribution in [3.63, 3.8) is 0 Å². The van der Waals surface area contributed by atoms with E-state index in [1.807, 2.05) is 6.20 Å². The van der Waals surface area contributed by atoms with Gasteiger partial charge in [0.05, 0.1) is 5.41 Å². The fourth-order valence-corrected chi connectivity index (χ4v) is 3.66. The zero-order valence-corrected chi connectivity index (χ0v) is 17.5. The van der Waals surface area contributed by atoms with Crippen LogP contribution in [0.5, 0.6) is 0 Å². The molecule has 1 aromatic heterocycles. The molecule has 0 radical (unpaired) electrons. The van der Waals surface area contributed by atoms with Crippen LogP contribution in [-0.4, -0.2) is 43.7 Å². The van der Waals surface area contributed by atoms with Crippen LogP contribution in [0.2, 0.25) is 0 Å². The SMILES string of the molecule is Cl.Cl.NCC1(C(=O)NCc2ccc(N3CCCCCC3)nc2)CCOCC1. The van der Waals surface area contributed by atoms with Crippen LogP contribution < -0.4 is 16.0 Å². The van der Waals surface area contributed by atoms with E-state index in [1.165, 1.54) is 25.7 Å². The number of amides is 1. The Morgan fingerprint density at radius 3 is 2.37 bits per heavy atom. The quantitative estimate of drug-likeness (QED) is 0.767. The molecular formula is C19H32Cl2N4O2. The second kappa shape index (κ2) is 11.7. The van der Waals surface area contributed by atoms with Crippen molar-refractivity contribution in [3.05, 3.63) is 23.9 Å². The standard InChI is InChI=1S/C19H30N4O2.2ClH/c20-15-19(7-11-25-12-8-19)18(24)22-14-16-5-6-17(21-13-16)23-9-3-1-2-4-10-23;;/h5-6,13H,1-4,7-12,14-15,20H2,(H,22,24);2*1H. The third-order valence-electron chi connectivity index (χ3n) is 5.51. The van der Waals surface area contributed by atoms with Crippen molar-refractivity contribution in [1.29, 1.82) is 0 Å². The lowest BCUT2D eigenvalue weighted by Gasteiger charge is -2.34. The minimum absolute atomic E-state index is 0. The molecule has 0 atom stereocenters. The molecule has 2 saturated heterocycles. The Hall–Kier alpha value is -1.08. The van der Waals surface area contributed by atoms with Gasteiger partial charge in [0, 0.05) is 45.6 Å². The lowest BCUT2D eigenvalue weighted by atomic mass is 9.79. The van der Waals surface area contributed by atoms with Crippen LogP contribution in [0.3, 0.4) is 0 Å². The molecule has 27 heavy (non-hydrogen) atoms. The summed E-state index contributed by atoms with van der Waals surface area (Å²) in [5.74, 6) is 1.08. The van der Waals surface area contributed by atoms with Gasteiger partial charge in [-0.2, -0.15) is 0 Å². The van der Waals surface area contributed by atoms with Gasteiger partial charge in [-0.25, -0.2) is 4.98 Å². The van der Waals surface area contributed by atoms with E-state index < -0.39 is 5.41 Å². The fourth-order valence-electron chi connectivity index (χ4n) is 3.66. The summed E-state index contributed by atoms with van der Waals surface area (Å²) < 4.78 is 5.37. The molecule has 0 aromatic carbocycles. The van der Waals surface area contributed by atoms with Crippen molar-refractivity contribution in [2.45, 2.75) is 45.1 Å². The first kappa shape index (κ1) is 24.0. The van der Waals surface area contributed by atoms with Crippen LogP contribution >= 0.6 is 24.8 Å². The van der Waals surface area contributed by atoms with Gasteiger partial charge >= 0.3 is 0 Å². The number of nitrogens with one attached hydrogen (secondary N) is 1. The Morgan fingerprint density at radius 1 is 1.15 bits per heavy atom. The molecule has 3 N–H and O–H groups in total. The second-order valence-corrected chi connectivity index (χ2v) is 7.21. The monoisotopic (exact) mass is 418 g/mol. The van der Waals surface area contributed by atoms with E-state index >= 15 is 0 Å². The number of nitrogens with zero attached hydrogens (tertiary/aromatic N) is 2. The van der Waals surface area contributed by atoms with E-state index in [9.17, 15) is 4.79 Å². The number of anilines is 1. The number of hydrogen-bond donors (Lipinski definition) is 2. The fraction of sp³-hybridized carbons (Fsp3) is 0.684. The number of ether oxygens (including phenoxy) is 1. The van der Waals surface area contributed by atoms with E-state index in [2.05, 4.69) is 27.3 Å². The summed E-state index contributed by atoms with van der Waals surface area (Å²) in [7, 11) is 0. The number of nitrogens with two attached hydrogens (primary N) is 1. The minimum Gasteiger partial charge on any atom is -0.381 e. The summed E-state index contributed by atoms with van der Waals surface area (Å²) in [5, 5.41) is 3.04.